The molecule has 2 aromatic carbocycles. The van der Waals surface area contributed by atoms with Gasteiger partial charge in [-0.15, -0.1) is 0 Å². The molecule has 0 saturated heterocycles. The number of pyridine rings is 1. The number of rotatable bonds is 0. The van der Waals surface area contributed by atoms with Crippen molar-refractivity contribution in [3.63, 3.8) is 0 Å². The molecule has 4 heteroatoms. The fourth-order valence-electron chi connectivity index (χ4n) is 2.46. The molecule has 2 heterocycles. The van der Waals surface area contributed by atoms with E-state index in [1.54, 1.807) is 0 Å². The van der Waals surface area contributed by atoms with E-state index in [1.165, 1.54) is 6.07 Å². The Morgan fingerprint density at radius 3 is 2.45 bits per heavy atom. The van der Waals surface area contributed by atoms with Crippen molar-refractivity contribution < 1.29 is 4.79 Å². The number of aromatic amines is 1. The van der Waals surface area contributed by atoms with Crippen LogP contribution in [0, 0.1) is 0 Å². The summed E-state index contributed by atoms with van der Waals surface area (Å²) in [4.78, 5) is 24.7. The molecule has 0 saturated carbocycles. The number of benzene rings is 2. The van der Waals surface area contributed by atoms with Gasteiger partial charge < -0.3 is 10.3 Å². The van der Waals surface area contributed by atoms with Crippen LogP contribution in [0.3, 0.4) is 0 Å². The molecule has 0 aliphatic carbocycles. The fourth-order valence-corrected chi connectivity index (χ4v) is 2.46. The second kappa shape index (κ2) is 6.26. The number of aromatic nitrogens is 1. The summed E-state index contributed by atoms with van der Waals surface area (Å²) in [6.45, 7) is 0.774. The highest BCUT2D eigenvalue weighted by Gasteiger charge is 2.14. The third-order valence-corrected chi connectivity index (χ3v) is 3.57. The summed E-state index contributed by atoms with van der Waals surface area (Å²) >= 11 is 0. The van der Waals surface area contributed by atoms with Crippen LogP contribution in [0.2, 0.25) is 0 Å². The highest BCUT2D eigenvalue weighted by Crippen LogP contribution is 2.12. The highest BCUT2D eigenvalue weighted by molar-refractivity contribution is 5.96. The van der Waals surface area contributed by atoms with E-state index in [1.807, 2.05) is 54.6 Å². The van der Waals surface area contributed by atoms with Crippen LogP contribution in [0.25, 0.3) is 10.9 Å². The van der Waals surface area contributed by atoms with Crippen LogP contribution >= 0.6 is 0 Å². The van der Waals surface area contributed by atoms with Gasteiger partial charge in [-0.2, -0.15) is 0 Å². The van der Waals surface area contributed by atoms with E-state index in [-0.39, 0.29) is 11.5 Å². The molecule has 4 nitrogen and oxygen atoms in total. The van der Waals surface area contributed by atoms with Gasteiger partial charge in [-0.05, 0) is 35.6 Å². The first-order valence-corrected chi connectivity index (χ1v) is 7.18. The number of hydrogen-bond acceptors (Lipinski definition) is 2. The zero-order chi connectivity index (χ0) is 15.4. The summed E-state index contributed by atoms with van der Waals surface area (Å²) in [6, 6.07) is 18.8. The molecule has 0 radical (unpaired) electrons. The molecule has 22 heavy (non-hydrogen) atoms. The number of hydrogen-bond donors (Lipinski definition) is 2. The molecule has 0 atom stereocenters. The van der Waals surface area contributed by atoms with Crippen molar-refractivity contribution in [2.24, 2.45) is 0 Å². The average molecular weight is 292 g/mol. The fraction of sp³-hybridized carbons (Fsp3) is 0.111. The molecule has 0 fully saturated rings. The van der Waals surface area contributed by atoms with Crippen LogP contribution < -0.4 is 10.9 Å². The quantitative estimate of drug-likeness (QED) is 0.668. The monoisotopic (exact) mass is 292 g/mol. The molecular weight excluding hydrogens is 276 g/mol. The van der Waals surface area contributed by atoms with E-state index in [0.717, 1.165) is 35.0 Å². The Labute approximate surface area is 127 Å². The summed E-state index contributed by atoms with van der Waals surface area (Å²) < 4.78 is 0. The Bertz CT molecular complexity index is 868. The lowest BCUT2D eigenvalue weighted by molar-refractivity contribution is 0.0946. The maximum absolute atomic E-state index is 11.2. The van der Waals surface area contributed by atoms with Crippen LogP contribution in [-0.4, -0.2) is 17.4 Å². The van der Waals surface area contributed by atoms with E-state index >= 15 is 0 Å². The van der Waals surface area contributed by atoms with Gasteiger partial charge in [-0.3, -0.25) is 9.59 Å². The number of fused-ring (bicyclic) bond motifs is 2. The Kier molecular flexibility index (Phi) is 4.01. The topological polar surface area (TPSA) is 62.0 Å². The third kappa shape index (κ3) is 3.06. The molecular formula is C18H16N2O2. The average Bonchev–Trinajstić information content (AvgIpc) is 2.56. The zero-order valence-electron chi connectivity index (χ0n) is 12.0. The van der Waals surface area contributed by atoms with Gasteiger partial charge >= 0.3 is 0 Å². The Morgan fingerprint density at radius 2 is 1.59 bits per heavy atom. The van der Waals surface area contributed by atoms with Crippen molar-refractivity contribution in [1.82, 2.24) is 10.3 Å². The minimum atomic E-state index is -0.0521. The van der Waals surface area contributed by atoms with E-state index in [0.29, 0.717) is 0 Å². The number of nitrogens with one attached hydrogen (secondary N) is 2. The first kappa shape index (κ1) is 14.1. The van der Waals surface area contributed by atoms with Gasteiger partial charge in [0, 0.05) is 23.7 Å². The van der Waals surface area contributed by atoms with Gasteiger partial charge in [0.25, 0.3) is 5.91 Å². The molecule has 1 aromatic heterocycles. The largest absolute Gasteiger partial charge is 0.352 e. The molecule has 4 rings (SSSR count). The Morgan fingerprint density at radius 1 is 0.818 bits per heavy atom. The lowest BCUT2D eigenvalue weighted by atomic mass is 10.0. The minimum absolute atomic E-state index is 0.0521. The molecule has 0 spiro atoms. The van der Waals surface area contributed by atoms with E-state index in [2.05, 4.69) is 10.3 Å². The SMILES string of the molecule is O=C1NCCc2ccccc21.O=c1ccc2ccccc2[nH]1. The van der Waals surface area contributed by atoms with Crippen LogP contribution in [0.1, 0.15) is 15.9 Å². The van der Waals surface area contributed by atoms with Gasteiger partial charge in [0.1, 0.15) is 0 Å². The molecule has 1 aliphatic heterocycles. The van der Waals surface area contributed by atoms with Crippen molar-refractivity contribution in [1.29, 1.82) is 0 Å². The molecule has 3 aromatic rings. The van der Waals surface area contributed by atoms with E-state index in [4.69, 9.17) is 0 Å². The van der Waals surface area contributed by atoms with Gasteiger partial charge in [0.2, 0.25) is 5.56 Å². The highest BCUT2D eigenvalue weighted by atomic mass is 16.1. The lowest BCUT2D eigenvalue weighted by Gasteiger charge is -2.15. The normalized spacial score (nSPS) is 12.8. The van der Waals surface area contributed by atoms with Crippen molar-refractivity contribution in [2.45, 2.75) is 6.42 Å². The van der Waals surface area contributed by atoms with Crippen molar-refractivity contribution in [2.75, 3.05) is 6.54 Å². The zero-order valence-corrected chi connectivity index (χ0v) is 12.0. The molecule has 2 N–H and O–H groups in total. The summed E-state index contributed by atoms with van der Waals surface area (Å²) in [6.07, 6.45) is 0.960. The van der Waals surface area contributed by atoms with Crippen LogP contribution in [-0.2, 0) is 6.42 Å². The molecule has 0 bridgehead atoms. The lowest BCUT2D eigenvalue weighted by Crippen LogP contribution is -2.31. The second-order valence-electron chi connectivity index (χ2n) is 5.07. The molecule has 0 unspecified atom stereocenters. The second-order valence-corrected chi connectivity index (χ2v) is 5.07. The predicted octanol–water partition coefficient (Wildman–Crippen LogP) is 2.50. The van der Waals surface area contributed by atoms with Gasteiger partial charge in [0.05, 0.1) is 0 Å². The van der Waals surface area contributed by atoms with E-state index < -0.39 is 0 Å². The van der Waals surface area contributed by atoms with Crippen molar-refractivity contribution in [3.05, 3.63) is 82.1 Å². The molecule has 1 amide bonds. The Balaban J connectivity index is 0.000000131. The number of H-pyrrole nitrogens is 1. The van der Waals surface area contributed by atoms with Gasteiger partial charge in [-0.1, -0.05) is 36.4 Å². The first-order valence-electron chi connectivity index (χ1n) is 7.18. The number of carbonyl (C=O) groups excluding carboxylic acids is 1. The van der Waals surface area contributed by atoms with E-state index in [9.17, 15) is 9.59 Å². The van der Waals surface area contributed by atoms with Crippen molar-refractivity contribution >= 4 is 16.8 Å². The number of carbonyl (C=O) groups is 1. The predicted molar refractivity (Wildman–Crippen MR) is 87.0 cm³/mol. The smallest absolute Gasteiger partial charge is 0.251 e. The van der Waals surface area contributed by atoms with Gasteiger partial charge in [-0.25, -0.2) is 0 Å². The molecule has 1 aliphatic rings. The van der Waals surface area contributed by atoms with Gasteiger partial charge in [0.15, 0.2) is 0 Å². The summed E-state index contributed by atoms with van der Waals surface area (Å²) in [5.74, 6) is 0.0619. The maximum Gasteiger partial charge on any atom is 0.251 e. The van der Waals surface area contributed by atoms with Crippen molar-refractivity contribution in [3.8, 4) is 0 Å². The summed E-state index contributed by atoms with van der Waals surface area (Å²) in [5, 5.41) is 3.86. The third-order valence-electron chi connectivity index (χ3n) is 3.57. The summed E-state index contributed by atoms with van der Waals surface area (Å²) in [5.41, 5.74) is 2.83. The standard InChI is InChI=1S/C9H9NO.C9H7NO/c11-9-8-4-2-1-3-7(8)5-6-10-9;11-9-6-5-7-3-1-2-4-8(7)10-9/h1-4H,5-6H2,(H,10,11);1-6H,(H,10,11). The minimum Gasteiger partial charge on any atom is -0.352 e. The van der Waals surface area contributed by atoms with Crippen LogP contribution in [0.4, 0.5) is 0 Å². The maximum atomic E-state index is 11.2. The number of para-hydroxylation sites is 1. The summed E-state index contributed by atoms with van der Waals surface area (Å²) in [7, 11) is 0. The first-order chi connectivity index (χ1) is 10.7. The van der Waals surface area contributed by atoms with Crippen LogP contribution in [0.5, 0.6) is 0 Å². The van der Waals surface area contributed by atoms with Crippen LogP contribution in [0.15, 0.2) is 65.5 Å². The Hall–Kier alpha value is -2.88. The molecule has 110 valence electrons. The number of amides is 1.